The molecule has 0 unspecified atom stereocenters. The van der Waals surface area contributed by atoms with Gasteiger partial charge in [0.15, 0.2) is 11.6 Å². The Morgan fingerprint density at radius 1 is 1.14 bits per heavy atom. The molecule has 2 nitrogen and oxygen atoms in total. The molecular formula is C18H19BrFNO. The molecule has 0 amide bonds. The summed E-state index contributed by atoms with van der Waals surface area (Å²) in [5.74, 6) is 0.426. The van der Waals surface area contributed by atoms with E-state index < -0.39 is 0 Å². The standard InChI is InChI=1S/C18H19BrFNO/c19-16-10-15(14-6-8-21-9-7-14)11-17(20)18(16)22-12-13-4-2-1-3-5-13/h1-5,10-11,14,21H,6-9,12H2. The van der Waals surface area contributed by atoms with E-state index in [1.807, 2.05) is 36.4 Å². The predicted molar refractivity (Wildman–Crippen MR) is 89.7 cm³/mol. The van der Waals surface area contributed by atoms with Gasteiger partial charge in [-0.15, -0.1) is 0 Å². The summed E-state index contributed by atoms with van der Waals surface area (Å²) >= 11 is 3.46. The van der Waals surface area contributed by atoms with Gasteiger partial charge in [0.05, 0.1) is 4.47 Å². The van der Waals surface area contributed by atoms with Gasteiger partial charge in [0.25, 0.3) is 0 Å². The lowest BCUT2D eigenvalue weighted by Crippen LogP contribution is -2.26. The van der Waals surface area contributed by atoms with E-state index in [1.165, 1.54) is 0 Å². The third-order valence-corrected chi connectivity index (χ3v) is 4.65. The minimum Gasteiger partial charge on any atom is -0.485 e. The Hall–Kier alpha value is -1.39. The van der Waals surface area contributed by atoms with Crippen LogP contribution in [-0.2, 0) is 6.61 Å². The number of hydrogen-bond donors (Lipinski definition) is 1. The molecule has 0 saturated carbocycles. The summed E-state index contributed by atoms with van der Waals surface area (Å²) in [6.45, 7) is 2.36. The Labute approximate surface area is 138 Å². The van der Waals surface area contributed by atoms with Gasteiger partial charge in [-0.3, -0.25) is 0 Å². The molecule has 2 aromatic carbocycles. The van der Waals surface area contributed by atoms with Crippen LogP contribution in [0.2, 0.25) is 0 Å². The van der Waals surface area contributed by atoms with Gasteiger partial charge < -0.3 is 10.1 Å². The molecule has 1 aliphatic rings. The molecule has 1 saturated heterocycles. The molecule has 1 heterocycles. The monoisotopic (exact) mass is 363 g/mol. The van der Waals surface area contributed by atoms with Crippen molar-refractivity contribution in [3.05, 3.63) is 63.9 Å². The van der Waals surface area contributed by atoms with Crippen molar-refractivity contribution in [2.75, 3.05) is 13.1 Å². The predicted octanol–water partition coefficient (Wildman–Crippen LogP) is 4.63. The Morgan fingerprint density at radius 2 is 1.86 bits per heavy atom. The molecule has 0 aliphatic carbocycles. The van der Waals surface area contributed by atoms with Gasteiger partial charge in [-0.1, -0.05) is 30.3 Å². The van der Waals surface area contributed by atoms with Gasteiger partial charge in [-0.25, -0.2) is 4.39 Å². The number of ether oxygens (including phenoxy) is 1. The summed E-state index contributed by atoms with van der Waals surface area (Å²) in [6, 6.07) is 13.4. The van der Waals surface area contributed by atoms with Crippen LogP contribution in [0.25, 0.3) is 0 Å². The quantitative estimate of drug-likeness (QED) is 0.854. The van der Waals surface area contributed by atoms with Crippen LogP contribution >= 0.6 is 15.9 Å². The Kier molecular flexibility index (Phi) is 5.11. The van der Waals surface area contributed by atoms with Crippen LogP contribution in [0.3, 0.4) is 0 Å². The third-order valence-electron chi connectivity index (χ3n) is 4.06. The smallest absolute Gasteiger partial charge is 0.169 e. The first-order chi connectivity index (χ1) is 10.7. The average Bonchev–Trinajstić information content (AvgIpc) is 2.56. The highest BCUT2D eigenvalue weighted by Gasteiger charge is 2.19. The van der Waals surface area contributed by atoms with Gasteiger partial charge in [-0.2, -0.15) is 0 Å². The topological polar surface area (TPSA) is 21.3 Å². The highest BCUT2D eigenvalue weighted by atomic mass is 79.9. The van der Waals surface area contributed by atoms with Crippen LogP contribution in [0.15, 0.2) is 46.9 Å². The zero-order valence-electron chi connectivity index (χ0n) is 12.3. The molecule has 0 aromatic heterocycles. The first-order valence-electron chi connectivity index (χ1n) is 7.60. The fraction of sp³-hybridized carbons (Fsp3) is 0.333. The zero-order chi connectivity index (χ0) is 15.4. The van der Waals surface area contributed by atoms with E-state index in [9.17, 15) is 4.39 Å². The van der Waals surface area contributed by atoms with E-state index in [4.69, 9.17) is 4.74 Å². The van der Waals surface area contributed by atoms with Crippen molar-refractivity contribution in [1.82, 2.24) is 5.32 Å². The van der Waals surface area contributed by atoms with Gasteiger partial charge in [0.2, 0.25) is 0 Å². The number of rotatable bonds is 4. The van der Waals surface area contributed by atoms with Crippen molar-refractivity contribution in [3.63, 3.8) is 0 Å². The summed E-state index contributed by atoms with van der Waals surface area (Å²) < 4.78 is 20.8. The second-order valence-electron chi connectivity index (χ2n) is 5.61. The van der Waals surface area contributed by atoms with Crippen molar-refractivity contribution < 1.29 is 9.13 Å². The van der Waals surface area contributed by atoms with E-state index in [0.717, 1.165) is 37.1 Å². The fourth-order valence-corrected chi connectivity index (χ4v) is 3.41. The highest BCUT2D eigenvalue weighted by Crippen LogP contribution is 2.35. The first kappa shape index (κ1) is 15.5. The highest BCUT2D eigenvalue weighted by molar-refractivity contribution is 9.10. The number of halogens is 2. The maximum Gasteiger partial charge on any atom is 0.169 e. The molecule has 0 bridgehead atoms. The van der Waals surface area contributed by atoms with E-state index in [0.29, 0.717) is 22.7 Å². The third kappa shape index (κ3) is 3.68. The summed E-state index contributed by atoms with van der Waals surface area (Å²) in [4.78, 5) is 0. The van der Waals surface area contributed by atoms with Crippen LogP contribution in [0.1, 0.15) is 29.9 Å². The molecule has 3 rings (SSSR count). The molecule has 22 heavy (non-hydrogen) atoms. The van der Waals surface area contributed by atoms with Crippen molar-refractivity contribution >= 4 is 15.9 Å². The Morgan fingerprint density at radius 3 is 2.55 bits per heavy atom. The number of nitrogens with one attached hydrogen (secondary N) is 1. The lowest BCUT2D eigenvalue weighted by molar-refractivity contribution is 0.287. The van der Waals surface area contributed by atoms with Crippen molar-refractivity contribution in [2.45, 2.75) is 25.4 Å². The largest absolute Gasteiger partial charge is 0.485 e. The van der Waals surface area contributed by atoms with Gasteiger partial charge in [0, 0.05) is 0 Å². The van der Waals surface area contributed by atoms with Crippen LogP contribution < -0.4 is 10.1 Å². The van der Waals surface area contributed by atoms with E-state index in [2.05, 4.69) is 21.2 Å². The van der Waals surface area contributed by atoms with Crippen molar-refractivity contribution in [1.29, 1.82) is 0 Å². The molecule has 1 fully saturated rings. The summed E-state index contributed by atoms with van der Waals surface area (Å²) in [5.41, 5.74) is 2.08. The summed E-state index contributed by atoms with van der Waals surface area (Å²) in [6.07, 6.45) is 2.10. The van der Waals surface area contributed by atoms with E-state index >= 15 is 0 Å². The Balaban J connectivity index is 1.74. The van der Waals surface area contributed by atoms with Gasteiger partial charge in [0.1, 0.15) is 6.61 Å². The molecule has 0 spiro atoms. The molecule has 2 aromatic rings. The molecule has 4 heteroatoms. The Bertz CT molecular complexity index is 603. The zero-order valence-corrected chi connectivity index (χ0v) is 13.9. The van der Waals surface area contributed by atoms with Gasteiger partial charge in [-0.05, 0) is 71.0 Å². The second kappa shape index (κ2) is 7.25. The molecule has 1 aliphatic heterocycles. The van der Waals surface area contributed by atoms with E-state index in [1.54, 1.807) is 6.07 Å². The van der Waals surface area contributed by atoms with Crippen LogP contribution in [0.5, 0.6) is 5.75 Å². The normalized spacial score (nSPS) is 15.7. The number of benzene rings is 2. The molecule has 1 N–H and O–H groups in total. The molecule has 116 valence electrons. The maximum atomic E-state index is 14.4. The van der Waals surface area contributed by atoms with Crippen molar-refractivity contribution in [3.8, 4) is 5.75 Å². The first-order valence-corrected chi connectivity index (χ1v) is 8.39. The molecule has 0 radical (unpaired) electrons. The lowest BCUT2D eigenvalue weighted by atomic mass is 9.90. The van der Waals surface area contributed by atoms with Gasteiger partial charge >= 0.3 is 0 Å². The van der Waals surface area contributed by atoms with E-state index in [-0.39, 0.29) is 5.82 Å². The maximum absolute atomic E-state index is 14.4. The van der Waals surface area contributed by atoms with Crippen LogP contribution in [0.4, 0.5) is 4.39 Å². The summed E-state index contributed by atoms with van der Waals surface area (Å²) in [7, 11) is 0. The lowest BCUT2D eigenvalue weighted by Gasteiger charge is -2.23. The molecule has 0 atom stereocenters. The fourth-order valence-electron chi connectivity index (χ4n) is 2.84. The van der Waals surface area contributed by atoms with Crippen LogP contribution in [0, 0.1) is 5.82 Å². The molecular weight excluding hydrogens is 345 g/mol. The SMILES string of the molecule is Fc1cc(C2CCNCC2)cc(Br)c1OCc1ccccc1. The minimum atomic E-state index is -0.293. The number of hydrogen-bond acceptors (Lipinski definition) is 2. The van der Waals surface area contributed by atoms with Crippen molar-refractivity contribution in [2.24, 2.45) is 0 Å². The summed E-state index contributed by atoms with van der Waals surface area (Å²) in [5, 5.41) is 3.33. The number of piperidine rings is 1. The second-order valence-corrected chi connectivity index (χ2v) is 6.47. The van der Waals surface area contributed by atoms with Crippen LogP contribution in [-0.4, -0.2) is 13.1 Å². The average molecular weight is 364 g/mol. The minimum absolute atomic E-state index is 0.293.